The van der Waals surface area contributed by atoms with Crippen molar-refractivity contribution in [3.63, 3.8) is 0 Å². The summed E-state index contributed by atoms with van der Waals surface area (Å²) < 4.78 is 43.5. The van der Waals surface area contributed by atoms with Crippen molar-refractivity contribution in [3.8, 4) is 0 Å². The maximum atomic E-state index is 15.8. The van der Waals surface area contributed by atoms with Crippen molar-refractivity contribution in [1.29, 1.82) is 0 Å². The van der Waals surface area contributed by atoms with E-state index in [9.17, 15) is 34.4 Å². The van der Waals surface area contributed by atoms with Crippen LogP contribution in [0.1, 0.15) is 59.8 Å². The zero-order chi connectivity index (χ0) is 35.2. The number of nitrogens with two attached hydrogens (primary N) is 1. The summed E-state index contributed by atoms with van der Waals surface area (Å²) in [5.41, 5.74) is 2.52. The number of halogens is 1. The maximum absolute atomic E-state index is 15.8. The first kappa shape index (κ1) is 35.8. The van der Waals surface area contributed by atoms with Gasteiger partial charge in [0, 0.05) is 16.7 Å². The van der Waals surface area contributed by atoms with E-state index < -0.39 is 88.8 Å². The number of aliphatic hydroxyl groups is 1. The van der Waals surface area contributed by atoms with Gasteiger partial charge in [0.2, 0.25) is 5.78 Å². The second-order valence-electron chi connectivity index (χ2n) is 14.2. The molecule has 0 aromatic rings. The molecule has 4 fully saturated rings. The fourth-order valence-corrected chi connectivity index (χ4v) is 9.05. The van der Waals surface area contributed by atoms with E-state index in [0.29, 0.717) is 12.0 Å². The van der Waals surface area contributed by atoms with Crippen molar-refractivity contribution >= 4 is 23.7 Å². The van der Waals surface area contributed by atoms with Crippen LogP contribution in [0.2, 0.25) is 0 Å². The van der Waals surface area contributed by atoms with Gasteiger partial charge in [-0.3, -0.25) is 14.4 Å². The SMILES string of the molecule is CC1(C)O[C@@H]2CC3C4C[C@H](F)C5=CC(=O)C=C[C@]5(C)C4[C@@H](O)C[C@]3(C)[C@@]2(C(=O)COC(=O)OCC(N)C(=O)OCCCCO[N+](=O)[O-])O1. The standard InChI is InChI=1S/C32H43FN2O13/c1-29(2)47-25-13-19-18-12-21(33)20-11-17(36)7-8-30(20,3)26(18)23(37)14-31(19,4)32(25,48-29)24(38)16-45-28(40)44-15-22(34)27(39)43-9-5-6-10-46-35(41)42/h7-8,11,18-19,21-23,25-26,37H,5-6,9-10,12-16,34H2,1-4H3/t18?,19?,21-,22?,23-,25+,26?,30-,31-,32-/m0/s1. The van der Waals surface area contributed by atoms with Crippen LogP contribution in [0.15, 0.2) is 23.8 Å². The van der Waals surface area contributed by atoms with Gasteiger partial charge in [-0.15, -0.1) is 10.1 Å². The third-order valence-electron chi connectivity index (χ3n) is 10.9. The summed E-state index contributed by atoms with van der Waals surface area (Å²) in [6.07, 6.45) is 1.06. The largest absolute Gasteiger partial charge is 0.508 e. The van der Waals surface area contributed by atoms with Gasteiger partial charge in [0.15, 0.2) is 23.8 Å². The van der Waals surface area contributed by atoms with Crippen molar-refractivity contribution in [3.05, 3.63) is 33.9 Å². The van der Waals surface area contributed by atoms with Crippen LogP contribution in [-0.2, 0) is 42.9 Å². The van der Waals surface area contributed by atoms with Crippen LogP contribution in [0.3, 0.4) is 0 Å². The van der Waals surface area contributed by atoms with E-state index >= 15 is 4.39 Å². The van der Waals surface area contributed by atoms with Gasteiger partial charge in [0.1, 0.15) is 18.8 Å². The Bertz CT molecular complexity index is 1400. The number of unbranched alkanes of at least 4 members (excludes halogenated alkanes) is 1. The van der Waals surface area contributed by atoms with Crippen LogP contribution < -0.4 is 5.73 Å². The number of alkyl halides is 1. The normalized spacial score (nSPS) is 38.0. The molecule has 10 atom stereocenters. The lowest BCUT2D eigenvalue weighted by Crippen LogP contribution is -2.64. The van der Waals surface area contributed by atoms with E-state index in [4.69, 9.17) is 29.4 Å². The highest BCUT2D eigenvalue weighted by atomic mass is 19.1. The van der Waals surface area contributed by atoms with Crippen LogP contribution in [0, 0.1) is 38.7 Å². The third-order valence-corrected chi connectivity index (χ3v) is 10.9. The molecule has 16 heteroatoms. The molecule has 48 heavy (non-hydrogen) atoms. The number of allylic oxidation sites excluding steroid dienone is 4. The third kappa shape index (κ3) is 6.23. The summed E-state index contributed by atoms with van der Waals surface area (Å²) in [6.45, 7) is 5.39. The first-order chi connectivity index (χ1) is 22.4. The second kappa shape index (κ2) is 13.1. The molecule has 15 nitrogen and oxygen atoms in total. The second-order valence-corrected chi connectivity index (χ2v) is 14.2. The number of carbonyl (C=O) groups is 4. The number of aliphatic hydroxyl groups excluding tert-OH is 1. The van der Waals surface area contributed by atoms with Crippen molar-refractivity contribution < 1.29 is 62.3 Å². The number of carbonyl (C=O) groups excluding carboxylic acids is 4. The average Bonchev–Trinajstić information content (AvgIpc) is 3.42. The first-order valence-corrected chi connectivity index (χ1v) is 16.1. The highest BCUT2D eigenvalue weighted by molar-refractivity contribution is 6.01. The highest BCUT2D eigenvalue weighted by Crippen LogP contribution is 2.70. The Morgan fingerprint density at radius 3 is 2.56 bits per heavy atom. The van der Waals surface area contributed by atoms with Crippen LogP contribution in [-0.4, -0.2) is 96.1 Å². The fourth-order valence-electron chi connectivity index (χ4n) is 9.05. The molecule has 3 saturated carbocycles. The zero-order valence-corrected chi connectivity index (χ0v) is 27.4. The fraction of sp³-hybridized carbons (Fsp3) is 0.750. The van der Waals surface area contributed by atoms with E-state index in [0.717, 1.165) is 0 Å². The van der Waals surface area contributed by atoms with Crippen LogP contribution >= 0.6 is 0 Å². The Labute approximate surface area is 276 Å². The molecule has 0 spiro atoms. The highest BCUT2D eigenvalue weighted by Gasteiger charge is 2.77. The molecule has 4 aliphatic carbocycles. The molecule has 266 valence electrons. The van der Waals surface area contributed by atoms with Crippen molar-refractivity contribution in [1.82, 2.24) is 0 Å². The molecule has 5 aliphatic rings. The number of fused-ring (bicyclic) bond motifs is 7. The van der Waals surface area contributed by atoms with Crippen molar-refractivity contribution in [2.75, 3.05) is 26.4 Å². The summed E-state index contributed by atoms with van der Waals surface area (Å²) in [6, 6.07) is -1.35. The Balaban J connectivity index is 1.23. The Hall–Kier alpha value is -3.47. The molecule has 3 N–H and O–H groups in total. The summed E-state index contributed by atoms with van der Waals surface area (Å²) in [5.74, 6) is -4.07. The van der Waals surface area contributed by atoms with Gasteiger partial charge in [-0.1, -0.05) is 19.9 Å². The van der Waals surface area contributed by atoms with Gasteiger partial charge in [-0.2, -0.15) is 0 Å². The van der Waals surface area contributed by atoms with E-state index in [-0.39, 0.29) is 56.5 Å². The van der Waals surface area contributed by atoms with Gasteiger partial charge in [-0.25, -0.2) is 9.18 Å². The molecule has 1 aliphatic heterocycles. The summed E-state index contributed by atoms with van der Waals surface area (Å²) in [4.78, 5) is 65.1. The lowest BCUT2D eigenvalue weighted by molar-refractivity contribution is -0.757. The van der Waals surface area contributed by atoms with E-state index in [2.05, 4.69) is 4.84 Å². The van der Waals surface area contributed by atoms with Crippen molar-refractivity contribution in [2.24, 2.45) is 34.3 Å². The number of rotatable bonds is 12. The monoisotopic (exact) mass is 682 g/mol. The number of Topliss-reactive ketones (excluding diaryl/α,β-unsaturated/α-hetero) is 1. The molecule has 0 radical (unpaired) electrons. The van der Waals surface area contributed by atoms with Gasteiger partial charge in [0.25, 0.3) is 5.09 Å². The van der Waals surface area contributed by atoms with E-state index in [1.807, 2.05) is 13.8 Å². The quantitative estimate of drug-likeness (QED) is 0.131. The van der Waals surface area contributed by atoms with Gasteiger partial charge in [0.05, 0.1) is 25.4 Å². The predicted molar refractivity (Wildman–Crippen MR) is 160 cm³/mol. The molecule has 0 aromatic heterocycles. The molecule has 1 saturated heterocycles. The van der Waals surface area contributed by atoms with Gasteiger partial charge < -0.3 is 39.4 Å². The number of hydrogen-bond donors (Lipinski definition) is 2. The van der Waals surface area contributed by atoms with Crippen LogP contribution in [0.4, 0.5) is 9.18 Å². The van der Waals surface area contributed by atoms with E-state index in [1.165, 1.54) is 12.2 Å². The molecule has 0 amide bonds. The Kier molecular flexibility index (Phi) is 9.78. The molecule has 0 aromatic carbocycles. The van der Waals surface area contributed by atoms with Crippen LogP contribution in [0.5, 0.6) is 0 Å². The molecule has 1 heterocycles. The number of ketones is 2. The van der Waals surface area contributed by atoms with Gasteiger partial charge >= 0.3 is 12.1 Å². The van der Waals surface area contributed by atoms with Gasteiger partial charge in [-0.05, 0) is 75.5 Å². The van der Waals surface area contributed by atoms with Crippen molar-refractivity contribution in [2.45, 2.75) is 95.6 Å². The van der Waals surface area contributed by atoms with E-state index in [1.54, 1.807) is 19.9 Å². The summed E-state index contributed by atoms with van der Waals surface area (Å²) in [7, 11) is 0. The molecule has 0 bridgehead atoms. The smallest absolute Gasteiger partial charge is 0.464 e. The predicted octanol–water partition coefficient (Wildman–Crippen LogP) is 2.29. The number of ether oxygens (including phenoxy) is 5. The lowest BCUT2D eigenvalue weighted by Gasteiger charge is -2.60. The molecular formula is C32H43FN2O13. The number of nitrogens with zero attached hydrogens (tertiary/aromatic N) is 1. The minimum atomic E-state index is -1.64. The number of esters is 1. The molecule has 5 rings (SSSR count). The zero-order valence-electron chi connectivity index (χ0n) is 27.4. The molecule has 4 unspecified atom stereocenters. The Morgan fingerprint density at radius 2 is 1.85 bits per heavy atom. The summed E-state index contributed by atoms with van der Waals surface area (Å²) >= 11 is 0. The molecular weight excluding hydrogens is 639 g/mol. The lowest BCUT2D eigenvalue weighted by atomic mass is 9.46. The number of hydrogen-bond acceptors (Lipinski definition) is 14. The average molecular weight is 683 g/mol. The maximum Gasteiger partial charge on any atom is 0.508 e. The summed E-state index contributed by atoms with van der Waals surface area (Å²) in [5, 5.41) is 21.0. The minimum absolute atomic E-state index is 0.0619. The Morgan fingerprint density at radius 1 is 1.15 bits per heavy atom. The topological polar surface area (TPSA) is 213 Å². The minimum Gasteiger partial charge on any atom is -0.464 e. The van der Waals surface area contributed by atoms with Crippen LogP contribution in [0.25, 0.3) is 0 Å². The first-order valence-electron chi connectivity index (χ1n) is 16.1.